The lowest BCUT2D eigenvalue weighted by molar-refractivity contribution is -0.180. The quantitative estimate of drug-likeness (QED) is 0.478. The van der Waals surface area contributed by atoms with E-state index in [1.807, 2.05) is 0 Å². The normalized spacial score (nSPS) is 16.1. The highest BCUT2D eigenvalue weighted by atomic mass is 19.4. The van der Waals surface area contributed by atoms with Gasteiger partial charge in [-0.3, -0.25) is 0 Å². The monoisotopic (exact) mass is 130 g/mol. The third kappa shape index (κ3) is 2.14. The van der Waals surface area contributed by atoms with Crippen LogP contribution in [0.5, 0.6) is 0 Å². The Labute approximate surface area is 44.5 Å². The maximum absolute atomic E-state index is 11.5. The Bertz CT molecular complexity index is 64.9. The Kier molecular flexibility index (Phi) is 2.25. The van der Waals surface area contributed by atoms with E-state index in [2.05, 4.69) is 0 Å². The molecule has 0 fully saturated rings. The van der Waals surface area contributed by atoms with Gasteiger partial charge in [0.1, 0.15) is 0 Å². The number of alkyl halides is 4. The summed E-state index contributed by atoms with van der Waals surface area (Å²) < 4.78 is 44.7. The summed E-state index contributed by atoms with van der Waals surface area (Å²) in [5.74, 6) is 0. The Morgan fingerprint density at radius 1 is 1.38 bits per heavy atom. The second kappa shape index (κ2) is 2.33. The average molecular weight is 130 g/mol. The van der Waals surface area contributed by atoms with E-state index in [-0.39, 0.29) is 0 Å². The van der Waals surface area contributed by atoms with Crippen molar-refractivity contribution in [2.24, 2.45) is 0 Å². The van der Waals surface area contributed by atoms with E-state index in [0.29, 0.717) is 0 Å². The molecular weight excluding hydrogens is 124 g/mol. The summed E-state index contributed by atoms with van der Waals surface area (Å²) in [6.45, 7) is 1.15. The van der Waals surface area contributed by atoms with Gasteiger partial charge in [0.05, 0.1) is 0 Å². The Morgan fingerprint density at radius 2 is 1.75 bits per heavy atom. The lowest BCUT2D eigenvalue weighted by Gasteiger charge is -2.07. The van der Waals surface area contributed by atoms with Gasteiger partial charge in [-0.15, -0.1) is 0 Å². The molecule has 0 amide bonds. The van der Waals surface area contributed by atoms with Crippen LogP contribution < -0.4 is 0 Å². The fourth-order valence-corrected chi connectivity index (χ4v) is 0.231. The highest BCUT2D eigenvalue weighted by Gasteiger charge is 2.38. The predicted octanol–water partition coefficient (Wildman–Crippen LogP) is 2.30. The molecule has 0 rings (SSSR count). The van der Waals surface area contributed by atoms with Crippen molar-refractivity contribution < 1.29 is 17.6 Å². The van der Waals surface area contributed by atoms with E-state index >= 15 is 0 Å². The van der Waals surface area contributed by atoms with Crippen LogP contribution in [0.2, 0.25) is 0 Å². The van der Waals surface area contributed by atoms with Crippen molar-refractivity contribution >= 4 is 0 Å². The zero-order valence-electron chi connectivity index (χ0n) is 4.30. The van der Waals surface area contributed by atoms with Gasteiger partial charge in [-0.25, -0.2) is 4.39 Å². The highest BCUT2D eigenvalue weighted by Crippen LogP contribution is 2.24. The SMILES string of the molecule is CCC(F)C(F)(F)F. The van der Waals surface area contributed by atoms with Crippen molar-refractivity contribution in [1.82, 2.24) is 0 Å². The van der Waals surface area contributed by atoms with Crippen LogP contribution in [0.3, 0.4) is 0 Å². The average Bonchev–Trinajstić information content (AvgIpc) is 1.62. The van der Waals surface area contributed by atoms with Crippen LogP contribution in [0.1, 0.15) is 13.3 Å². The molecule has 0 aliphatic carbocycles. The Morgan fingerprint density at radius 3 is 1.75 bits per heavy atom. The lowest BCUT2D eigenvalue weighted by Crippen LogP contribution is -2.22. The molecule has 0 bridgehead atoms. The van der Waals surface area contributed by atoms with Gasteiger partial charge in [0.2, 0.25) is 0 Å². The maximum atomic E-state index is 11.5. The summed E-state index contributed by atoms with van der Waals surface area (Å²) >= 11 is 0. The standard InChI is InChI=1S/C4H6F4/c1-2-3(5)4(6,7)8/h3H,2H2,1H3. The van der Waals surface area contributed by atoms with E-state index < -0.39 is 18.8 Å². The summed E-state index contributed by atoms with van der Waals surface area (Å²) in [6, 6.07) is 0. The summed E-state index contributed by atoms with van der Waals surface area (Å²) in [5.41, 5.74) is 0. The molecule has 0 aromatic carbocycles. The van der Waals surface area contributed by atoms with E-state index in [0.717, 1.165) is 6.92 Å². The topological polar surface area (TPSA) is 0 Å². The van der Waals surface area contributed by atoms with Crippen molar-refractivity contribution in [3.8, 4) is 0 Å². The molecule has 0 aliphatic rings. The van der Waals surface area contributed by atoms with Gasteiger partial charge in [0.15, 0.2) is 6.17 Å². The molecule has 0 saturated carbocycles. The molecule has 0 heterocycles. The van der Waals surface area contributed by atoms with Crippen LogP contribution in [0.15, 0.2) is 0 Å². The lowest BCUT2D eigenvalue weighted by atomic mass is 10.3. The molecule has 0 aromatic heterocycles. The van der Waals surface area contributed by atoms with Crippen LogP contribution in [-0.4, -0.2) is 12.3 Å². The van der Waals surface area contributed by atoms with Crippen molar-refractivity contribution in [2.75, 3.05) is 0 Å². The van der Waals surface area contributed by atoms with Gasteiger partial charge < -0.3 is 0 Å². The van der Waals surface area contributed by atoms with Crippen LogP contribution >= 0.6 is 0 Å². The molecule has 8 heavy (non-hydrogen) atoms. The van der Waals surface area contributed by atoms with Crippen LogP contribution in [-0.2, 0) is 0 Å². The molecular formula is C4H6F4. The van der Waals surface area contributed by atoms with Crippen molar-refractivity contribution in [3.63, 3.8) is 0 Å². The largest absolute Gasteiger partial charge is 0.419 e. The molecule has 0 spiro atoms. The first-order valence-electron chi connectivity index (χ1n) is 2.19. The minimum atomic E-state index is -4.66. The molecule has 4 heteroatoms. The van der Waals surface area contributed by atoms with E-state index in [1.165, 1.54) is 0 Å². The molecule has 0 nitrogen and oxygen atoms in total. The van der Waals surface area contributed by atoms with Gasteiger partial charge in [0.25, 0.3) is 0 Å². The zero-order chi connectivity index (χ0) is 6.78. The summed E-state index contributed by atoms with van der Waals surface area (Å²) in [4.78, 5) is 0. The number of rotatable bonds is 1. The first-order valence-corrected chi connectivity index (χ1v) is 2.19. The first-order chi connectivity index (χ1) is 3.48. The third-order valence-corrected chi connectivity index (χ3v) is 0.714. The van der Waals surface area contributed by atoms with Gasteiger partial charge in [0, 0.05) is 0 Å². The summed E-state index contributed by atoms with van der Waals surface area (Å²) in [6.07, 6.45) is -7.80. The molecule has 0 aromatic rings. The van der Waals surface area contributed by atoms with Crippen molar-refractivity contribution in [3.05, 3.63) is 0 Å². The van der Waals surface area contributed by atoms with E-state index in [9.17, 15) is 17.6 Å². The van der Waals surface area contributed by atoms with Crippen LogP contribution in [0, 0.1) is 0 Å². The molecule has 1 atom stereocenters. The second-order valence-electron chi connectivity index (χ2n) is 1.42. The van der Waals surface area contributed by atoms with Gasteiger partial charge in [-0.05, 0) is 6.42 Å². The fourth-order valence-electron chi connectivity index (χ4n) is 0.231. The molecule has 0 aliphatic heterocycles. The minimum absolute atomic E-state index is 0.497. The predicted molar refractivity (Wildman–Crippen MR) is 21.2 cm³/mol. The minimum Gasteiger partial charge on any atom is -0.238 e. The smallest absolute Gasteiger partial charge is 0.238 e. The number of hydrogen-bond acceptors (Lipinski definition) is 0. The zero-order valence-corrected chi connectivity index (χ0v) is 4.30. The molecule has 50 valence electrons. The molecule has 1 unspecified atom stereocenters. The number of halogens is 4. The van der Waals surface area contributed by atoms with Gasteiger partial charge in [-0.2, -0.15) is 13.2 Å². The second-order valence-corrected chi connectivity index (χ2v) is 1.42. The summed E-state index contributed by atoms with van der Waals surface area (Å²) in [5, 5.41) is 0. The third-order valence-electron chi connectivity index (χ3n) is 0.714. The maximum Gasteiger partial charge on any atom is 0.419 e. The van der Waals surface area contributed by atoms with Crippen molar-refractivity contribution in [2.45, 2.75) is 25.7 Å². The summed E-state index contributed by atoms with van der Waals surface area (Å²) in [7, 11) is 0. The first kappa shape index (κ1) is 7.72. The van der Waals surface area contributed by atoms with Gasteiger partial charge in [-0.1, -0.05) is 6.92 Å². The molecule has 0 N–H and O–H groups in total. The van der Waals surface area contributed by atoms with Gasteiger partial charge >= 0.3 is 6.18 Å². The van der Waals surface area contributed by atoms with Crippen LogP contribution in [0.25, 0.3) is 0 Å². The number of hydrogen-bond donors (Lipinski definition) is 0. The van der Waals surface area contributed by atoms with Crippen molar-refractivity contribution in [1.29, 1.82) is 0 Å². The highest BCUT2D eigenvalue weighted by molar-refractivity contribution is 4.61. The Balaban J connectivity index is 3.62. The van der Waals surface area contributed by atoms with E-state index in [4.69, 9.17) is 0 Å². The Hall–Kier alpha value is -0.280. The molecule has 0 saturated heterocycles. The fraction of sp³-hybridized carbons (Fsp3) is 1.00. The van der Waals surface area contributed by atoms with Crippen LogP contribution in [0.4, 0.5) is 17.6 Å². The molecule has 0 radical (unpaired) electrons. The van der Waals surface area contributed by atoms with E-state index in [1.54, 1.807) is 0 Å².